The standard InChI is InChI=1S/C18H18BrNO2/c1-22-17-6-2-12(3-7-17)11-20-18(21)15-8-13-4-5-16(19)10-14(13)9-15/h2-7,10,15H,8-9,11H2,1H3,(H,20,21). The predicted molar refractivity (Wildman–Crippen MR) is 89.9 cm³/mol. The average molecular weight is 360 g/mol. The summed E-state index contributed by atoms with van der Waals surface area (Å²) in [6.07, 6.45) is 1.65. The maximum Gasteiger partial charge on any atom is 0.224 e. The lowest BCUT2D eigenvalue weighted by Gasteiger charge is -2.10. The molecule has 3 nitrogen and oxygen atoms in total. The van der Waals surface area contributed by atoms with Crippen LogP contribution in [0.5, 0.6) is 5.75 Å². The third-order valence-corrected chi connectivity index (χ3v) is 4.59. The van der Waals surface area contributed by atoms with E-state index >= 15 is 0 Å². The van der Waals surface area contributed by atoms with E-state index in [1.165, 1.54) is 11.1 Å². The number of fused-ring (bicyclic) bond motifs is 1. The highest BCUT2D eigenvalue weighted by Gasteiger charge is 2.27. The maximum absolute atomic E-state index is 12.3. The largest absolute Gasteiger partial charge is 0.497 e. The molecule has 1 aliphatic carbocycles. The van der Waals surface area contributed by atoms with Crippen LogP contribution < -0.4 is 10.1 Å². The van der Waals surface area contributed by atoms with E-state index in [1.54, 1.807) is 7.11 Å². The zero-order valence-corrected chi connectivity index (χ0v) is 14.0. The molecule has 0 saturated carbocycles. The third kappa shape index (κ3) is 3.33. The molecule has 0 spiro atoms. The molecule has 1 unspecified atom stereocenters. The molecular formula is C18H18BrNO2. The summed E-state index contributed by atoms with van der Waals surface area (Å²) in [5, 5.41) is 3.04. The Morgan fingerprint density at radius 1 is 1.18 bits per heavy atom. The number of carbonyl (C=O) groups excluding carboxylic acids is 1. The van der Waals surface area contributed by atoms with Gasteiger partial charge in [-0.05, 0) is 53.8 Å². The van der Waals surface area contributed by atoms with E-state index < -0.39 is 0 Å². The predicted octanol–water partition coefficient (Wildman–Crippen LogP) is 3.49. The molecule has 1 aliphatic rings. The average Bonchev–Trinajstić information content (AvgIpc) is 2.96. The Bertz CT molecular complexity index is 682. The molecule has 2 aromatic carbocycles. The molecule has 0 heterocycles. The van der Waals surface area contributed by atoms with Crippen molar-refractivity contribution >= 4 is 21.8 Å². The fraction of sp³-hybridized carbons (Fsp3) is 0.278. The Morgan fingerprint density at radius 3 is 2.64 bits per heavy atom. The van der Waals surface area contributed by atoms with Crippen LogP contribution >= 0.6 is 15.9 Å². The molecule has 1 atom stereocenters. The van der Waals surface area contributed by atoms with Crippen molar-refractivity contribution in [2.24, 2.45) is 5.92 Å². The third-order valence-electron chi connectivity index (χ3n) is 4.10. The van der Waals surface area contributed by atoms with Crippen LogP contribution in [0.15, 0.2) is 46.9 Å². The normalized spacial score (nSPS) is 16.2. The number of carbonyl (C=O) groups is 1. The second-order valence-corrected chi connectivity index (χ2v) is 6.50. The molecule has 0 aliphatic heterocycles. The molecule has 1 N–H and O–H groups in total. The van der Waals surface area contributed by atoms with Gasteiger partial charge in [0.2, 0.25) is 5.91 Å². The first-order valence-electron chi connectivity index (χ1n) is 7.33. The van der Waals surface area contributed by atoms with Crippen LogP contribution in [0, 0.1) is 5.92 Å². The van der Waals surface area contributed by atoms with E-state index in [0.29, 0.717) is 6.54 Å². The highest BCUT2D eigenvalue weighted by atomic mass is 79.9. The van der Waals surface area contributed by atoms with Crippen LogP contribution in [0.4, 0.5) is 0 Å². The lowest BCUT2D eigenvalue weighted by molar-refractivity contribution is -0.124. The Labute approximate surface area is 138 Å². The second-order valence-electron chi connectivity index (χ2n) is 5.58. The van der Waals surface area contributed by atoms with Gasteiger partial charge in [0, 0.05) is 16.9 Å². The minimum absolute atomic E-state index is 0.0440. The molecule has 4 heteroatoms. The van der Waals surface area contributed by atoms with Crippen molar-refractivity contribution in [2.75, 3.05) is 7.11 Å². The van der Waals surface area contributed by atoms with Gasteiger partial charge in [-0.25, -0.2) is 0 Å². The molecule has 0 bridgehead atoms. The van der Waals surface area contributed by atoms with E-state index in [0.717, 1.165) is 28.6 Å². The zero-order valence-electron chi connectivity index (χ0n) is 12.4. The molecule has 0 radical (unpaired) electrons. The first kappa shape index (κ1) is 15.1. The van der Waals surface area contributed by atoms with Gasteiger partial charge >= 0.3 is 0 Å². The van der Waals surface area contributed by atoms with Crippen molar-refractivity contribution in [3.8, 4) is 5.75 Å². The van der Waals surface area contributed by atoms with Gasteiger partial charge in [-0.3, -0.25) is 4.79 Å². The van der Waals surface area contributed by atoms with E-state index in [-0.39, 0.29) is 11.8 Å². The van der Waals surface area contributed by atoms with Crippen molar-refractivity contribution in [3.05, 3.63) is 63.6 Å². The lowest BCUT2D eigenvalue weighted by atomic mass is 10.1. The Hall–Kier alpha value is -1.81. The van der Waals surface area contributed by atoms with Gasteiger partial charge < -0.3 is 10.1 Å². The van der Waals surface area contributed by atoms with E-state index in [2.05, 4.69) is 33.4 Å². The molecule has 0 fully saturated rings. The minimum Gasteiger partial charge on any atom is -0.497 e. The molecule has 1 amide bonds. The molecule has 0 aromatic heterocycles. The van der Waals surface area contributed by atoms with Crippen molar-refractivity contribution in [2.45, 2.75) is 19.4 Å². The highest BCUT2D eigenvalue weighted by Crippen LogP contribution is 2.29. The van der Waals surface area contributed by atoms with Crippen LogP contribution in [0.3, 0.4) is 0 Å². The summed E-state index contributed by atoms with van der Waals surface area (Å²) in [4.78, 5) is 12.3. The number of rotatable bonds is 4. The van der Waals surface area contributed by atoms with Gasteiger partial charge in [0.15, 0.2) is 0 Å². The van der Waals surface area contributed by atoms with Gasteiger partial charge in [-0.15, -0.1) is 0 Å². The molecule has 22 heavy (non-hydrogen) atoms. The Morgan fingerprint density at radius 2 is 1.91 bits per heavy atom. The van der Waals surface area contributed by atoms with Crippen LogP contribution in [0.25, 0.3) is 0 Å². The number of ether oxygens (including phenoxy) is 1. The summed E-state index contributed by atoms with van der Waals surface area (Å²) in [7, 11) is 1.65. The van der Waals surface area contributed by atoms with Gasteiger partial charge in [-0.1, -0.05) is 34.1 Å². The highest BCUT2D eigenvalue weighted by molar-refractivity contribution is 9.10. The molecule has 114 valence electrons. The Balaban J connectivity index is 1.57. The fourth-order valence-electron chi connectivity index (χ4n) is 2.85. The molecule has 0 saturated heterocycles. The van der Waals surface area contributed by atoms with Crippen molar-refractivity contribution in [1.82, 2.24) is 5.32 Å². The second kappa shape index (κ2) is 6.53. The van der Waals surface area contributed by atoms with E-state index in [9.17, 15) is 4.79 Å². The minimum atomic E-state index is 0.0440. The number of methoxy groups -OCH3 is 1. The van der Waals surface area contributed by atoms with Crippen molar-refractivity contribution in [1.29, 1.82) is 0 Å². The maximum atomic E-state index is 12.3. The number of amides is 1. The van der Waals surface area contributed by atoms with E-state index in [1.807, 2.05) is 30.3 Å². The molecule has 2 aromatic rings. The van der Waals surface area contributed by atoms with Gasteiger partial charge in [0.1, 0.15) is 5.75 Å². The summed E-state index contributed by atoms with van der Waals surface area (Å²) >= 11 is 3.48. The lowest BCUT2D eigenvalue weighted by Crippen LogP contribution is -2.30. The summed E-state index contributed by atoms with van der Waals surface area (Å²) < 4.78 is 6.20. The zero-order chi connectivity index (χ0) is 15.5. The van der Waals surface area contributed by atoms with E-state index in [4.69, 9.17) is 4.74 Å². The SMILES string of the molecule is COc1ccc(CNC(=O)C2Cc3ccc(Br)cc3C2)cc1. The number of benzene rings is 2. The van der Waals surface area contributed by atoms with Crippen molar-refractivity contribution < 1.29 is 9.53 Å². The monoisotopic (exact) mass is 359 g/mol. The smallest absolute Gasteiger partial charge is 0.224 e. The Kier molecular flexibility index (Phi) is 4.48. The first-order chi connectivity index (χ1) is 10.7. The van der Waals surface area contributed by atoms with Crippen LogP contribution in [-0.2, 0) is 24.2 Å². The number of hydrogen-bond donors (Lipinski definition) is 1. The number of halogens is 1. The molecule has 3 rings (SSSR count). The van der Waals surface area contributed by atoms with Crippen LogP contribution in [0.2, 0.25) is 0 Å². The summed E-state index contributed by atoms with van der Waals surface area (Å²) in [6.45, 7) is 0.555. The summed E-state index contributed by atoms with van der Waals surface area (Å²) in [5.41, 5.74) is 3.64. The summed E-state index contributed by atoms with van der Waals surface area (Å²) in [5.74, 6) is 0.998. The topological polar surface area (TPSA) is 38.3 Å². The fourth-order valence-corrected chi connectivity index (χ4v) is 3.26. The van der Waals surface area contributed by atoms with Crippen LogP contribution in [0.1, 0.15) is 16.7 Å². The molecular weight excluding hydrogens is 342 g/mol. The quantitative estimate of drug-likeness (QED) is 0.907. The number of nitrogens with one attached hydrogen (secondary N) is 1. The van der Waals surface area contributed by atoms with Crippen molar-refractivity contribution in [3.63, 3.8) is 0 Å². The van der Waals surface area contributed by atoms with Gasteiger partial charge in [0.05, 0.1) is 7.11 Å². The van der Waals surface area contributed by atoms with Gasteiger partial charge in [-0.2, -0.15) is 0 Å². The van der Waals surface area contributed by atoms with Gasteiger partial charge in [0.25, 0.3) is 0 Å². The first-order valence-corrected chi connectivity index (χ1v) is 8.13. The van der Waals surface area contributed by atoms with Crippen LogP contribution in [-0.4, -0.2) is 13.0 Å². The number of hydrogen-bond acceptors (Lipinski definition) is 2. The summed E-state index contributed by atoms with van der Waals surface area (Å²) in [6, 6.07) is 14.0.